The second-order valence-electron chi connectivity index (χ2n) is 10.1. The zero-order valence-corrected chi connectivity index (χ0v) is 22.1. The minimum absolute atomic E-state index is 0.0403. The quantitative estimate of drug-likeness (QED) is 0.343. The van der Waals surface area contributed by atoms with E-state index in [2.05, 4.69) is 15.0 Å². The van der Waals surface area contributed by atoms with Crippen LogP contribution in [0.1, 0.15) is 44.1 Å². The monoisotopic (exact) mass is 592 g/mol. The highest BCUT2D eigenvalue weighted by Crippen LogP contribution is 2.40. The van der Waals surface area contributed by atoms with Gasteiger partial charge in [-0.2, -0.15) is 13.2 Å². The first-order valence-corrected chi connectivity index (χ1v) is 13.0. The van der Waals surface area contributed by atoms with Crippen molar-refractivity contribution in [3.05, 3.63) is 130 Å². The van der Waals surface area contributed by atoms with Crippen LogP contribution in [0.5, 0.6) is 0 Å². The minimum Gasteiger partial charge on any atom is -0.369 e. The van der Waals surface area contributed by atoms with E-state index in [1.807, 2.05) is 0 Å². The van der Waals surface area contributed by atoms with E-state index < -0.39 is 41.0 Å². The number of aromatic nitrogens is 2. The van der Waals surface area contributed by atoms with Crippen LogP contribution in [0, 0.1) is 11.6 Å². The summed E-state index contributed by atoms with van der Waals surface area (Å²) in [7, 11) is 0. The number of hydrogen-bond donors (Lipinski definition) is 1. The fourth-order valence-electron chi connectivity index (χ4n) is 5.26. The summed E-state index contributed by atoms with van der Waals surface area (Å²) in [6.45, 7) is -0.162. The van der Waals surface area contributed by atoms with Crippen molar-refractivity contribution < 1.29 is 31.5 Å². The van der Waals surface area contributed by atoms with Crippen LogP contribution in [0.15, 0.2) is 84.0 Å². The standard InChI is InChI=1S/C30H21F5N6O2/c31-22-8-4-20(5-9-22)29(21-6-10-23(32)11-7-21)27(43)41(28(36)39-29)14-17-2-1-3-18(12-17)25(42)40-15-19-13-37-26(30(33,34)35)38-24(19)16-40/h1-13H,14-16H2,(H2,36,39). The molecule has 13 heteroatoms. The fourth-order valence-corrected chi connectivity index (χ4v) is 5.26. The summed E-state index contributed by atoms with van der Waals surface area (Å²) in [5.74, 6) is -3.46. The van der Waals surface area contributed by atoms with Crippen LogP contribution >= 0.6 is 0 Å². The van der Waals surface area contributed by atoms with E-state index in [0.29, 0.717) is 22.3 Å². The molecule has 1 aromatic heterocycles. The van der Waals surface area contributed by atoms with Gasteiger partial charge >= 0.3 is 6.18 Å². The van der Waals surface area contributed by atoms with Crippen molar-refractivity contribution >= 4 is 17.8 Å². The third-order valence-electron chi connectivity index (χ3n) is 7.35. The third-order valence-corrected chi connectivity index (χ3v) is 7.35. The summed E-state index contributed by atoms with van der Waals surface area (Å²) in [5.41, 5.74) is 6.50. The molecule has 6 rings (SSSR count). The van der Waals surface area contributed by atoms with E-state index in [0.717, 1.165) is 6.20 Å². The van der Waals surface area contributed by atoms with Gasteiger partial charge in [0.25, 0.3) is 11.8 Å². The number of nitrogens with two attached hydrogens (primary N) is 1. The number of carbonyl (C=O) groups is 2. The Bertz CT molecular complexity index is 1730. The molecule has 2 amide bonds. The van der Waals surface area contributed by atoms with Crippen LogP contribution in [-0.2, 0) is 36.1 Å². The molecule has 0 saturated carbocycles. The molecule has 3 heterocycles. The van der Waals surface area contributed by atoms with Gasteiger partial charge in [-0.25, -0.2) is 23.7 Å². The van der Waals surface area contributed by atoms with Crippen LogP contribution in [0.2, 0.25) is 0 Å². The van der Waals surface area contributed by atoms with Gasteiger partial charge in [0.05, 0.1) is 18.8 Å². The van der Waals surface area contributed by atoms with E-state index in [1.165, 1.54) is 58.3 Å². The highest BCUT2D eigenvalue weighted by molar-refractivity contribution is 6.09. The van der Waals surface area contributed by atoms with Crippen LogP contribution in [-0.4, -0.2) is 37.5 Å². The van der Waals surface area contributed by atoms with Gasteiger partial charge in [-0.05, 0) is 53.1 Å². The lowest BCUT2D eigenvalue weighted by molar-refractivity contribution is -0.145. The van der Waals surface area contributed by atoms with Gasteiger partial charge in [-0.3, -0.25) is 14.5 Å². The summed E-state index contributed by atoms with van der Waals surface area (Å²) in [5, 5.41) is 0. The molecule has 0 radical (unpaired) electrons. The number of hydrogen-bond acceptors (Lipinski definition) is 6. The largest absolute Gasteiger partial charge is 0.451 e. The maximum atomic E-state index is 14.0. The topological polar surface area (TPSA) is 105 Å². The number of benzene rings is 3. The van der Waals surface area contributed by atoms with Gasteiger partial charge in [0.2, 0.25) is 5.82 Å². The number of rotatable bonds is 5. The van der Waals surface area contributed by atoms with Crippen molar-refractivity contribution in [2.24, 2.45) is 10.7 Å². The van der Waals surface area contributed by atoms with E-state index in [9.17, 15) is 31.5 Å². The van der Waals surface area contributed by atoms with Crippen molar-refractivity contribution in [3.63, 3.8) is 0 Å². The summed E-state index contributed by atoms with van der Waals surface area (Å²) >= 11 is 0. The molecule has 0 aliphatic carbocycles. The van der Waals surface area contributed by atoms with E-state index >= 15 is 0 Å². The van der Waals surface area contributed by atoms with E-state index in [1.54, 1.807) is 24.3 Å². The smallest absolute Gasteiger partial charge is 0.369 e. The normalized spacial score (nSPS) is 15.9. The molecular formula is C30H21F5N6O2. The highest BCUT2D eigenvalue weighted by atomic mass is 19.4. The number of aliphatic imine (C=N–C) groups is 1. The first-order valence-electron chi connectivity index (χ1n) is 13.0. The molecule has 218 valence electrons. The summed E-state index contributed by atoms with van der Waals surface area (Å²) < 4.78 is 66.6. The van der Waals surface area contributed by atoms with Gasteiger partial charge in [-0.1, -0.05) is 36.4 Å². The lowest BCUT2D eigenvalue weighted by Crippen LogP contribution is -2.43. The van der Waals surface area contributed by atoms with Crippen molar-refractivity contribution in [1.29, 1.82) is 0 Å². The molecule has 2 N–H and O–H groups in total. The molecule has 0 bridgehead atoms. The fraction of sp³-hybridized carbons (Fsp3) is 0.167. The SMILES string of the molecule is NC1=NC(c2ccc(F)cc2)(c2ccc(F)cc2)C(=O)N1Cc1cccc(C(=O)N2Cc3cnc(C(F)(F)F)nc3C2)c1. The van der Waals surface area contributed by atoms with Crippen molar-refractivity contribution in [2.75, 3.05) is 0 Å². The lowest BCUT2D eigenvalue weighted by atomic mass is 9.82. The summed E-state index contributed by atoms with van der Waals surface area (Å²) in [4.78, 5) is 41.4. The van der Waals surface area contributed by atoms with Crippen molar-refractivity contribution in [1.82, 2.24) is 19.8 Å². The number of guanidine groups is 1. The Morgan fingerprint density at radius 1 is 0.930 bits per heavy atom. The Morgan fingerprint density at radius 3 is 2.16 bits per heavy atom. The number of nitrogens with zero attached hydrogens (tertiary/aromatic N) is 5. The number of amides is 2. The van der Waals surface area contributed by atoms with Crippen LogP contribution in [0.3, 0.4) is 0 Å². The summed E-state index contributed by atoms with van der Waals surface area (Å²) in [6.07, 6.45) is -3.63. The van der Waals surface area contributed by atoms with E-state index in [-0.39, 0.29) is 36.9 Å². The molecule has 0 fully saturated rings. The Kier molecular flexibility index (Phi) is 6.67. The number of fused-ring (bicyclic) bond motifs is 1. The Balaban J connectivity index is 1.26. The molecule has 3 aromatic carbocycles. The molecular weight excluding hydrogens is 571 g/mol. The molecule has 0 atom stereocenters. The highest BCUT2D eigenvalue weighted by Gasteiger charge is 2.50. The lowest BCUT2D eigenvalue weighted by Gasteiger charge is -2.27. The molecule has 0 unspecified atom stereocenters. The van der Waals surface area contributed by atoms with Gasteiger partial charge in [-0.15, -0.1) is 0 Å². The molecule has 0 saturated heterocycles. The van der Waals surface area contributed by atoms with Crippen LogP contribution < -0.4 is 5.73 Å². The van der Waals surface area contributed by atoms with Crippen LogP contribution in [0.4, 0.5) is 22.0 Å². The second kappa shape index (κ2) is 10.3. The zero-order valence-electron chi connectivity index (χ0n) is 22.1. The predicted molar refractivity (Wildman–Crippen MR) is 143 cm³/mol. The van der Waals surface area contributed by atoms with Crippen LogP contribution in [0.25, 0.3) is 0 Å². The second-order valence-corrected chi connectivity index (χ2v) is 10.1. The van der Waals surface area contributed by atoms with Gasteiger partial charge < -0.3 is 10.6 Å². The molecule has 2 aliphatic rings. The number of carbonyl (C=O) groups excluding carboxylic acids is 2. The third kappa shape index (κ3) is 4.96. The molecule has 8 nitrogen and oxygen atoms in total. The van der Waals surface area contributed by atoms with Gasteiger partial charge in [0, 0.05) is 23.9 Å². The maximum absolute atomic E-state index is 14.0. The average Bonchev–Trinajstić information content (AvgIpc) is 3.52. The predicted octanol–water partition coefficient (Wildman–Crippen LogP) is 4.53. The molecule has 4 aromatic rings. The minimum atomic E-state index is -4.70. The zero-order chi connectivity index (χ0) is 30.5. The Morgan fingerprint density at radius 2 is 1.56 bits per heavy atom. The summed E-state index contributed by atoms with van der Waals surface area (Å²) in [6, 6.07) is 16.7. The molecule has 0 spiro atoms. The average molecular weight is 593 g/mol. The molecule has 43 heavy (non-hydrogen) atoms. The first-order chi connectivity index (χ1) is 20.5. The number of halogens is 5. The first kappa shape index (κ1) is 27.9. The Hall–Kier alpha value is -5.20. The van der Waals surface area contributed by atoms with Crippen molar-refractivity contribution in [3.8, 4) is 0 Å². The Labute approximate surface area is 241 Å². The number of alkyl halides is 3. The van der Waals surface area contributed by atoms with Gasteiger partial charge in [0.1, 0.15) is 11.6 Å². The van der Waals surface area contributed by atoms with E-state index in [4.69, 9.17) is 5.73 Å². The van der Waals surface area contributed by atoms with Crippen molar-refractivity contribution in [2.45, 2.75) is 31.3 Å². The van der Waals surface area contributed by atoms with Gasteiger partial charge in [0.15, 0.2) is 11.5 Å². The maximum Gasteiger partial charge on any atom is 0.451 e. The molecule has 2 aliphatic heterocycles.